The van der Waals surface area contributed by atoms with Gasteiger partial charge in [0.2, 0.25) is 0 Å². The Labute approximate surface area is 118 Å². The number of hydrogen-bond donors (Lipinski definition) is 0. The van der Waals surface area contributed by atoms with Gasteiger partial charge in [0.05, 0.1) is 6.42 Å². The minimum Gasteiger partial charge on any atom is -0.489 e. The molecule has 0 aliphatic carbocycles. The molecule has 0 fully saturated rings. The van der Waals surface area contributed by atoms with Gasteiger partial charge in [-0.05, 0) is 36.8 Å². The number of rotatable bonds is 6. The van der Waals surface area contributed by atoms with Crippen LogP contribution in [0.25, 0.3) is 0 Å². The van der Waals surface area contributed by atoms with Crippen molar-refractivity contribution in [3.8, 4) is 5.75 Å². The van der Waals surface area contributed by atoms with Gasteiger partial charge >= 0.3 is 0 Å². The van der Waals surface area contributed by atoms with Crippen LogP contribution in [0.3, 0.4) is 0 Å². The summed E-state index contributed by atoms with van der Waals surface area (Å²) < 4.78 is 5.63. The van der Waals surface area contributed by atoms with Gasteiger partial charge in [0, 0.05) is 5.56 Å². The highest BCUT2D eigenvalue weighted by Gasteiger charge is 2.08. The maximum absolute atomic E-state index is 11.7. The van der Waals surface area contributed by atoms with Crippen molar-refractivity contribution in [3.63, 3.8) is 0 Å². The molecule has 3 nitrogen and oxygen atoms in total. The highest BCUT2D eigenvalue weighted by molar-refractivity contribution is 6.07. The average molecular weight is 268 g/mol. The van der Waals surface area contributed by atoms with E-state index in [4.69, 9.17) is 4.74 Å². The van der Waals surface area contributed by atoms with Gasteiger partial charge in [0.1, 0.15) is 18.1 Å². The fraction of sp³-hybridized carbons (Fsp3) is 0.176. The van der Waals surface area contributed by atoms with Crippen LogP contribution < -0.4 is 4.74 Å². The van der Waals surface area contributed by atoms with E-state index in [0.29, 0.717) is 17.9 Å². The summed E-state index contributed by atoms with van der Waals surface area (Å²) in [6, 6.07) is 16.7. The minimum atomic E-state index is -0.160. The Balaban J connectivity index is 1.95. The fourth-order valence-corrected chi connectivity index (χ4v) is 1.81. The molecule has 0 aliphatic heterocycles. The number of carbonyl (C=O) groups is 2. The average Bonchev–Trinajstić information content (AvgIpc) is 2.46. The first-order chi connectivity index (χ1) is 9.65. The van der Waals surface area contributed by atoms with Crippen LogP contribution >= 0.6 is 0 Å². The standard InChI is InChI=1S/C17H16O3/c1-13(18)11-17(19)15-7-9-16(10-8-15)20-12-14-5-3-2-4-6-14/h2-10H,11-12H2,1H3. The lowest BCUT2D eigenvalue weighted by Gasteiger charge is -2.07. The lowest BCUT2D eigenvalue weighted by molar-refractivity contribution is -0.116. The summed E-state index contributed by atoms with van der Waals surface area (Å²) in [7, 11) is 0. The van der Waals surface area contributed by atoms with Crippen LogP contribution in [-0.4, -0.2) is 11.6 Å². The zero-order valence-corrected chi connectivity index (χ0v) is 11.3. The summed E-state index contributed by atoms with van der Waals surface area (Å²) >= 11 is 0. The van der Waals surface area contributed by atoms with E-state index >= 15 is 0 Å². The van der Waals surface area contributed by atoms with Gasteiger partial charge < -0.3 is 4.74 Å². The van der Waals surface area contributed by atoms with Crippen LogP contribution in [0.4, 0.5) is 0 Å². The van der Waals surface area contributed by atoms with Crippen LogP contribution in [0.1, 0.15) is 29.3 Å². The number of hydrogen-bond acceptors (Lipinski definition) is 3. The second-order valence-corrected chi connectivity index (χ2v) is 4.60. The first-order valence-electron chi connectivity index (χ1n) is 6.44. The first-order valence-corrected chi connectivity index (χ1v) is 6.44. The van der Waals surface area contributed by atoms with Crippen molar-refractivity contribution in [1.29, 1.82) is 0 Å². The van der Waals surface area contributed by atoms with Crippen molar-refractivity contribution in [2.24, 2.45) is 0 Å². The highest BCUT2D eigenvalue weighted by Crippen LogP contribution is 2.15. The van der Waals surface area contributed by atoms with Crippen LogP contribution in [0.2, 0.25) is 0 Å². The maximum atomic E-state index is 11.7. The topological polar surface area (TPSA) is 43.4 Å². The van der Waals surface area contributed by atoms with E-state index in [9.17, 15) is 9.59 Å². The summed E-state index contributed by atoms with van der Waals surface area (Å²) in [6.45, 7) is 1.90. The zero-order valence-electron chi connectivity index (χ0n) is 11.3. The second kappa shape index (κ2) is 6.66. The van der Waals surface area contributed by atoms with E-state index in [0.717, 1.165) is 5.56 Å². The summed E-state index contributed by atoms with van der Waals surface area (Å²) in [5, 5.41) is 0. The molecule has 0 radical (unpaired) electrons. The number of benzene rings is 2. The molecule has 2 rings (SSSR count). The van der Waals surface area contributed by atoms with E-state index in [2.05, 4.69) is 0 Å². The van der Waals surface area contributed by atoms with Gasteiger partial charge in [0.15, 0.2) is 5.78 Å². The smallest absolute Gasteiger partial charge is 0.170 e. The Kier molecular flexibility index (Phi) is 4.66. The van der Waals surface area contributed by atoms with Gasteiger partial charge in [0.25, 0.3) is 0 Å². The van der Waals surface area contributed by atoms with E-state index in [-0.39, 0.29) is 18.0 Å². The Bertz CT molecular complexity index is 585. The van der Waals surface area contributed by atoms with Crippen LogP contribution in [0.15, 0.2) is 54.6 Å². The van der Waals surface area contributed by atoms with E-state index in [1.165, 1.54) is 6.92 Å². The van der Waals surface area contributed by atoms with Crippen LogP contribution in [0, 0.1) is 0 Å². The largest absolute Gasteiger partial charge is 0.489 e. The molecule has 0 unspecified atom stereocenters. The summed E-state index contributed by atoms with van der Waals surface area (Å²) in [6.07, 6.45) is -0.0514. The summed E-state index contributed by atoms with van der Waals surface area (Å²) in [5.41, 5.74) is 1.62. The molecule has 0 saturated carbocycles. The van der Waals surface area contributed by atoms with Crippen molar-refractivity contribution < 1.29 is 14.3 Å². The maximum Gasteiger partial charge on any atom is 0.170 e. The molecule has 0 atom stereocenters. The van der Waals surface area contributed by atoms with E-state index < -0.39 is 0 Å². The monoisotopic (exact) mass is 268 g/mol. The molecule has 0 spiro atoms. The lowest BCUT2D eigenvalue weighted by Crippen LogP contribution is -2.04. The predicted octanol–water partition coefficient (Wildman–Crippen LogP) is 3.43. The molecule has 0 aliphatic rings. The van der Waals surface area contributed by atoms with Crippen LogP contribution in [-0.2, 0) is 11.4 Å². The van der Waals surface area contributed by atoms with Gasteiger partial charge in [-0.3, -0.25) is 9.59 Å². The molecule has 0 amide bonds. The SMILES string of the molecule is CC(=O)CC(=O)c1ccc(OCc2ccccc2)cc1. The molecule has 2 aromatic rings. The molecule has 2 aromatic carbocycles. The van der Waals surface area contributed by atoms with Gasteiger partial charge in [-0.25, -0.2) is 0 Å². The number of Topliss-reactive ketones (excluding diaryl/α,β-unsaturated/α-hetero) is 2. The molecular weight excluding hydrogens is 252 g/mol. The van der Waals surface area contributed by atoms with Gasteiger partial charge in [-0.2, -0.15) is 0 Å². The molecule has 3 heteroatoms. The van der Waals surface area contributed by atoms with Crippen molar-refractivity contribution in [1.82, 2.24) is 0 Å². The third-order valence-electron chi connectivity index (χ3n) is 2.83. The third kappa shape index (κ3) is 4.05. The normalized spacial score (nSPS) is 10.1. The molecule has 0 aromatic heterocycles. The second-order valence-electron chi connectivity index (χ2n) is 4.60. The van der Waals surface area contributed by atoms with Crippen molar-refractivity contribution in [3.05, 3.63) is 65.7 Å². The van der Waals surface area contributed by atoms with Gasteiger partial charge in [-0.15, -0.1) is 0 Å². The van der Waals surface area contributed by atoms with Crippen LogP contribution in [0.5, 0.6) is 5.75 Å². The number of ether oxygens (including phenoxy) is 1. The molecule has 20 heavy (non-hydrogen) atoms. The molecule has 0 N–H and O–H groups in total. The molecule has 102 valence electrons. The number of ketones is 2. The molecule has 0 heterocycles. The Morgan fingerprint density at radius 1 is 0.950 bits per heavy atom. The summed E-state index contributed by atoms with van der Waals surface area (Å²) in [5.74, 6) is 0.416. The zero-order chi connectivity index (χ0) is 14.4. The van der Waals surface area contributed by atoms with Gasteiger partial charge in [-0.1, -0.05) is 30.3 Å². The lowest BCUT2D eigenvalue weighted by atomic mass is 10.1. The minimum absolute atomic E-state index is 0.0514. The first kappa shape index (κ1) is 14.0. The quantitative estimate of drug-likeness (QED) is 0.595. The Morgan fingerprint density at radius 3 is 2.20 bits per heavy atom. The predicted molar refractivity (Wildman–Crippen MR) is 76.8 cm³/mol. The fourth-order valence-electron chi connectivity index (χ4n) is 1.81. The highest BCUT2D eigenvalue weighted by atomic mass is 16.5. The van der Waals surface area contributed by atoms with E-state index in [1.54, 1.807) is 24.3 Å². The van der Waals surface area contributed by atoms with Crippen molar-refractivity contribution in [2.75, 3.05) is 0 Å². The Hall–Kier alpha value is -2.42. The van der Waals surface area contributed by atoms with E-state index in [1.807, 2.05) is 30.3 Å². The molecule has 0 bridgehead atoms. The molecular formula is C17H16O3. The van der Waals surface area contributed by atoms with Crippen molar-refractivity contribution in [2.45, 2.75) is 20.0 Å². The Morgan fingerprint density at radius 2 is 1.60 bits per heavy atom. The molecule has 0 saturated heterocycles. The summed E-state index contributed by atoms with van der Waals surface area (Å²) in [4.78, 5) is 22.6. The third-order valence-corrected chi connectivity index (χ3v) is 2.83. The number of carbonyl (C=O) groups excluding carboxylic acids is 2. The van der Waals surface area contributed by atoms with Crippen molar-refractivity contribution >= 4 is 11.6 Å².